The quantitative estimate of drug-likeness (QED) is 0.912. The number of rotatable bonds is 3. The van der Waals surface area contributed by atoms with E-state index in [2.05, 4.69) is 17.7 Å². The predicted octanol–water partition coefficient (Wildman–Crippen LogP) is 3.01. The van der Waals surface area contributed by atoms with Crippen LogP contribution in [-0.2, 0) is 6.54 Å². The van der Waals surface area contributed by atoms with Crippen LogP contribution in [0.4, 0.5) is 5.69 Å². The SMILES string of the molecule is CC1c2cc(C(=O)NCc3cccs3)ccc2NN1C. The van der Waals surface area contributed by atoms with E-state index < -0.39 is 0 Å². The third-order valence-electron chi connectivity index (χ3n) is 3.64. The number of nitrogens with zero attached hydrogens (tertiary/aromatic N) is 1. The summed E-state index contributed by atoms with van der Waals surface area (Å²) in [5, 5.41) is 7.01. The van der Waals surface area contributed by atoms with Crippen LogP contribution in [0.25, 0.3) is 0 Å². The largest absolute Gasteiger partial charge is 0.347 e. The van der Waals surface area contributed by atoms with E-state index in [1.807, 2.05) is 47.8 Å². The second kappa shape index (κ2) is 5.26. The Hall–Kier alpha value is -1.85. The predicted molar refractivity (Wildman–Crippen MR) is 81.7 cm³/mol. The van der Waals surface area contributed by atoms with E-state index in [1.165, 1.54) is 0 Å². The van der Waals surface area contributed by atoms with Crippen molar-refractivity contribution in [2.75, 3.05) is 12.5 Å². The van der Waals surface area contributed by atoms with E-state index >= 15 is 0 Å². The first kappa shape index (κ1) is 13.1. The zero-order valence-corrected chi connectivity index (χ0v) is 12.3. The maximum atomic E-state index is 12.2. The van der Waals surface area contributed by atoms with Crippen LogP contribution < -0.4 is 10.7 Å². The Morgan fingerprint density at radius 1 is 1.45 bits per heavy atom. The number of amides is 1. The lowest BCUT2D eigenvalue weighted by Gasteiger charge is -2.14. The maximum absolute atomic E-state index is 12.2. The molecule has 20 heavy (non-hydrogen) atoms. The Morgan fingerprint density at radius 2 is 2.30 bits per heavy atom. The number of hydrogen-bond acceptors (Lipinski definition) is 4. The molecule has 2 heterocycles. The molecule has 2 N–H and O–H groups in total. The average molecular weight is 287 g/mol. The summed E-state index contributed by atoms with van der Waals surface area (Å²) in [5.41, 5.74) is 6.22. The average Bonchev–Trinajstić information content (AvgIpc) is 3.06. The number of nitrogens with one attached hydrogen (secondary N) is 2. The highest BCUT2D eigenvalue weighted by Gasteiger charge is 2.24. The minimum absolute atomic E-state index is 0.0250. The molecule has 5 heteroatoms. The van der Waals surface area contributed by atoms with Gasteiger partial charge in [-0.2, -0.15) is 0 Å². The molecule has 0 saturated heterocycles. The Bertz CT molecular complexity index is 624. The Morgan fingerprint density at radius 3 is 3.05 bits per heavy atom. The van der Waals surface area contributed by atoms with Crippen LogP contribution in [0.1, 0.15) is 33.8 Å². The Labute approximate surface area is 122 Å². The summed E-state index contributed by atoms with van der Waals surface area (Å²) < 4.78 is 0. The molecule has 0 aliphatic carbocycles. The van der Waals surface area contributed by atoms with Crippen LogP contribution in [0.15, 0.2) is 35.7 Å². The number of hydrogen-bond donors (Lipinski definition) is 2. The molecule has 1 aromatic heterocycles. The number of fused-ring (bicyclic) bond motifs is 1. The molecule has 1 aromatic carbocycles. The summed E-state index contributed by atoms with van der Waals surface area (Å²) in [6.45, 7) is 2.70. The molecule has 4 nitrogen and oxygen atoms in total. The fourth-order valence-corrected chi connectivity index (χ4v) is 2.97. The van der Waals surface area contributed by atoms with Gasteiger partial charge in [0.1, 0.15) is 0 Å². The first-order valence-electron chi connectivity index (χ1n) is 6.59. The molecular formula is C15H17N3OS. The van der Waals surface area contributed by atoms with Crippen molar-refractivity contribution in [1.82, 2.24) is 10.3 Å². The lowest BCUT2D eigenvalue weighted by atomic mass is 10.0. The molecule has 0 radical (unpaired) electrons. The number of anilines is 1. The molecule has 1 atom stereocenters. The highest BCUT2D eigenvalue weighted by molar-refractivity contribution is 7.09. The van der Waals surface area contributed by atoms with Crippen molar-refractivity contribution < 1.29 is 4.79 Å². The summed E-state index contributed by atoms with van der Waals surface area (Å²) >= 11 is 1.65. The summed E-state index contributed by atoms with van der Waals surface area (Å²) in [5.74, 6) is -0.0250. The number of carbonyl (C=O) groups is 1. The minimum atomic E-state index is -0.0250. The van der Waals surface area contributed by atoms with Crippen molar-refractivity contribution in [3.63, 3.8) is 0 Å². The van der Waals surface area contributed by atoms with Crippen LogP contribution >= 0.6 is 11.3 Å². The zero-order chi connectivity index (χ0) is 14.1. The fourth-order valence-electron chi connectivity index (χ4n) is 2.33. The summed E-state index contributed by atoms with van der Waals surface area (Å²) in [4.78, 5) is 13.3. The molecule has 1 aliphatic heterocycles. The molecule has 1 unspecified atom stereocenters. The zero-order valence-electron chi connectivity index (χ0n) is 11.5. The Balaban J connectivity index is 1.73. The number of benzene rings is 1. The number of hydrazine groups is 1. The van der Waals surface area contributed by atoms with Gasteiger partial charge in [-0.3, -0.25) is 4.79 Å². The second-order valence-electron chi connectivity index (χ2n) is 4.96. The van der Waals surface area contributed by atoms with E-state index in [9.17, 15) is 4.79 Å². The van der Waals surface area contributed by atoms with Gasteiger partial charge in [0.15, 0.2) is 0 Å². The van der Waals surface area contributed by atoms with Gasteiger partial charge in [0.05, 0.1) is 18.3 Å². The normalized spacial score (nSPS) is 17.6. The lowest BCUT2D eigenvalue weighted by Crippen LogP contribution is -2.22. The lowest BCUT2D eigenvalue weighted by molar-refractivity contribution is 0.0951. The highest BCUT2D eigenvalue weighted by atomic mass is 32.1. The number of carbonyl (C=O) groups excluding carboxylic acids is 1. The highest BCUT2D eigenvalue weighted by Crippen LogP contribution is 2.33. The molecular weight excluding hydrogens is 270 g/mol. The van der Waals surface area contributed by atoms with Gasteiger partial charge in [-0.1, -0.05) is 6.07 Å². The van der Waals surface area contributed by atoms with Crippen molar-refractivity contribution in [2.45, 2.75) is 19.5 Å². The smallest absolute Gasteiger partial charge is 0.251 e. The fraction of sp³-hybridized carbons (Fsp3) is 0.267. The standard InChI is InChI=1S/C15H17N3OS/c1-10-13-8-11(5-6-14(13)17-18(10)2)15(19)16-9-12-4-3-7-20-12/h3-8,10,17H,9H2,1-2H3,(H,16,19). The summed E-state index contributed by atoms with van der Waals surface area (Å²) in [7, 11) is 2.00. The molecule has 0 fully saturated rings. The maximum Gasteiger partial charge on any atom is 0.251 e. The second-order valence-corrected chi connectivity index (χ2v) is 5.99. The van der Waals surface area contributed by atoms with Gasteiger partial charge in [0.25, 0.3) is 5.91 Å². The monoisotopic (exact) mass is 287 g/mol. The van der Waals surface area contributed by atoms with E-state index in [0.29, 0.717) is 12.1 Å². The van der Waals surface area contributed by atoms with Crippen LogP contribution in [0, 0.1) is 0 Å². The van der Waals surface area contributed by atoms with E-state index in [1.54, 1.807) is 11.3 Å². The van der Waals surface area contributed by atoms with Crippen LogP contribution in [0.3, 0.4) is 0 Å². The van der Waals surface area contributed by atoms with Gasteiger partial charge in [-0.15, -0.1) is 11.3 Å². The van der Waals surface area contributed by atoms with Crippen molar-refractivity contribution in [3.05, 3.63) is 51.7 Å². The summed E-state index contributed by atoms with van der Waals surface area (Å²) in [6.07, 6.45) is 0. The van der Waals surface area contributed by atoms with Gasteiger partial charge in [-0.05, 0) is 42.1 Å². The molecule has 1 aliphatic rings. The molecule has 2 aromatic rings. The van der Waals surface area contributed by atoms with E-state index in [-0.39, 0.29) is 11.9 Å². The van der Waals surface area contributed by atoms with Gasteiger partial charge in [-0.25, -0.2) is 5.01 Å². The van der Waals surface area contributed by atoms with Gasteiger partial charge >= 0.3 is 0 Å². The third-order valence-corrected chi connectivity index (χ3v) is 4.52. The minimum Gasteiger partial charge on any atom is -0.347 e. The van der Waals surface area contributed by atoms with Crippen molar-refractivity contribution in [2.24, 2.45) is 0 Å². The third kappa shape index (κ3) is 2.42. The topological polar surface area (TPSA) is 44.4 Å². The molecule has 104 valence electrons. The van der Waals surface area contributed by atoms with E-state index in [4.69, 9.17) is 0 Å². The van der Waals surface area contributed by atoms with Gasteiger partial charge < -0.3 is 10.7 Å². The summed E-state index contributed by atoms with van der Waals surface area (Å²) in [6, 6.07) is 10.1. The van der Waals surface area contributed by atoms with Gasteiger partial charge in [0.2, 0.25) is 0 Å². The van der Waals surface area contributed by atoms with Crippen LogP contribution in [0.5, 0.6) is 0 Å². The Kier molecular flexibility index (Phi) is 3.46. The molecule has 0 bridgehead atoms. The molecule has 0 saturated carbocycles. The van der Waals surface area contributed by atoms with Crippen molar-refractivity contribution in [3.8, 4) is 0 Å². The number of thiophene rings is 1. The van der Waals surface area contributed by atoms with Crippen molar-refractivity contribution >= 4 is 22.9 Å². The van der Waals surface area contributed by atoms with Crippen LogP contribution in [0.2, 0.25) is 0 Å². The van der Waals surface area contributed by atoms with Crippen molar-refractivity contribution in [1.29, 1.82) is 0 Å². The first-order chi connectivity index (χ1) is 9.65. The molecule has 1 amide bonds. The molecule has 0 spiro atoms. The molecule has 3 rings (SSSR count). The van der Waals surface area contributed by atoms with E-state index in [0.717, 1.165) is 16.1 Å². The van der Waals surface area contributed by atoms with Crippen LogP contribution in [-0.4, -0.2) is 18.0 Å². The van der Waals surface area contributed by atoms with Gasteiger partial charge in [0, 0.05) is 17.5 Å². The first-order valence-corrected chi connectivity index (χ1v) is 7.47.